The second-order valence-corrected chi connectivity index (χ2v) is 4.89. The number of rotatable bonds is 2. The second-order valence-electron chi connectivity index (χ2n) is 2.56. The maximum atomic E-state index is 11.1. The molecule has 4 heteroatoms. The average Bonchev–Trinajstić information content (AvgIpc) is 2.17. The Balaban J connectivity index is 2.94. The maximum absolute atomic E-state index is 11.1. The molecule has 0 spiro atoms. The van der Waals surface area contributed by atoms with E-state index in [1.807, 2.05) is 0 Å². The normalized spacial score (nSPS) is 35.0. The molecule has 0 N–H and O–H groups in total. The first kappa shape index (κ1) is 9.99. The summed E-state index contributed by atoms with van der Waals surface area (Å²) in [5, 5.41) is 0. The van der Waals surface area contributed by atoms with Crippen LogP contribution in [0.5, 0.6) is 0 Å². The van der Waals surface area contributed by atoms with Crippen LogP contribution in [0.2, 0.25) is 0 Å². The number of halogens is 2. The minimum atomic E-state index is -0.522. The summed E-state index contributed by atoms with van der Waals surface area (Å²) in [7, 11) is 0. The van der Waals surface area contributed by atoms with E-state index in [1.54, 1.807) is 6.08 Å². The van der Waals surface area contributed by atoms with Gasteiger partial charge < -0.3 is 4.74 Å². The van der Waals surface area contributed by atoms with Gasteiger partial charge in [0, 0.05) is 0 Å². The number of carbonyl (C=O) groups excluding carboxylic acids is 1. The van der Waals surface area contributed by atoms with Crippen molar-refractivity contribution in [2.24, 2.45) is 0 Å². The predicted octanol–water partition coefficient (Wildman–Crippen LogP) is 2.53. The van der Waals surface area contributed by atoms with E-state index < -0.39 is 4.32 Å². The van der Waals surface area contributed by atoms with Crippen molar-refractivity contribution in [1.29, 1.82) is 0 Å². The lowest BCUT2D eigenvalue weighted by Gasteiger charge is -2.19. The Kier molecular flexibility index (Phi) is 2.78. The van der Waals surface area contributed by atoms with Crippen molar-refractivity contribution < 1.29 is 9.53 Å². The van der Waals surface area contributed by atoms with E-state index in [0.29, 0.717) is 12.2 Å². The Morgan fingerprint density at radius 1 is 1.75 bits per heavy atom. The molecular weight excluding hydrogens is 288 g/mol. The van der Waals surface area contributed by atoms with Gasteiger partial charge in [0.25, 0.3) is 0 Å². The molecule has 1 rings (SSSR count). The van der Waals surface area contributed by atoms with Crippen LogP contribution in [-0.4, -0.2) is 15.1 Å². The van der Waals surface area contributed by atoms with Gasteiger partial charge in [0.15, 0.2) is 0 Å². The summed E-state index contributed by atoms with van der Waals surface area (Å²) in [6.45, 7) is 7.26. The fourth-order valence-electron chi connectivity index (χ4n) is 1.01. The number of hydrogen-bond donors (Lipinski definition) is 0. The molecule has 2 atom stereocenters. The lowest BCUT2D eigenvalue weighted by molar-refractivity contribution is -0.134. The summed E-state index contributed by atoms with van der Waals surface area (Å²) in [6, 6.07) is 0. The molecule has 0 amide bonds. The van der Waals surface area contributed by atoms with Crippen molar-refractivity contribution in [3.63, 3.8) is 0 Å². The highest BCUT2D eigenvalue weighted by atomic mass is 79.9. The molecule has 1 saturated heterocycles. The molecule has 1 fully saturated rings. The highest BCUT2D eigenvalue weighted by molar-refractivity contribution is 9.13. The zero-order valence-corrected chi connectivity index (χ0v) is 9.52. The molecular formula is C8H8Br2O2. The van der Waals surface area contributed by atoms with Gasteiger partial charge in [-0.3, -0.25) is 4.79 Å². The van der Waals surface area contributed by atoms with Crippen LogP contribution in [0.25, 0.3) is 0 Å². The summed E-state index contributed by atoms with van der Waals surface area (Å²) < 4.78 is 4.34. The summed E-state index contributed by atoms with van der Waals surface area (Å²) >= 11 is 6.65. The minimum Gasteiger partial charge on any atom is -0.429 e. The van der Waals surface area contributed by atoms with E-state index in [1.165, 1.54) is 0 Å². The average molecular weight is 296 g/mol. The molecule has 0 bridgehead atoms. The Bertz CT molecular complexity index is 249. The number of esters is 1. The summed E-state index contributed by atoms with van der Waals surface area (Å²) in [6.07, 6.45) is 2.32. The highest BCUT2D eigenvalue weighted by Gasteiger charge is 2.49. The first-order chi connectivity index (χ1) is 5.52. The molecule has 1 heterocycles. The Hall–Kier alpha value is -0.0900. The van der Waals surface area contributed by atoms with Crippen molar-refractivity contribution >= 4 is 37.8 Å². The second kappa shape index (κ2) is 3.34. The molecule has 0 aromatic carbocycles. The lowest BCUT2D eigenvalue weighted by Crippen LogP contribution is -2.29. The number of alkyl halides is 2. The van der Waals surface area contributed by atoms with E-state index in [9.17, 15) is 4.79 Å². The standard InChI is InChI=1S/C8H8Br2O2/c1-3-4-8(10)5(2)12-7(11)6(8)9/h3,6H,1-2,4H2. The highest BCUT2D eigenvalue weighted by Crippen LogP contribution is 2.44. The number of hydrogen-bond acceptors (Lipinski definition) is 2. The third-order valence-electron chi connectivity index (χ3n) is 1.74. The fourth-order valence-corrected chi connectivity index (χ4v) is 2.05. The van der Waals surface area contributed by atoms with Crippen LogP contribution < -0.4 is 0 Å². The van der Waals surface area contributed by atoms with Gasteiger partial charge >= 0.3 is 5.97 Å². The van der Waals surface area contributed by atoms with Crippen molar-refractivity contribution in [1.82, 2.24) is 0 Å². The first-order valence-electron chi connectivity index (χ1n) is 3.37. The van der Waals surface area contributed by atoms with Gasteiger partial charge in [-0.05, 0) is 6.42 Å². The largest absolute Gasteiger partial charge is 0.429 e. The summed E-state index contributed by atoms with van der Waals surface area (Å²) in [5.74, 6) is 0.132. The van der Waals surface area contributed by atoms with Gasteiger partial charge in [-0.25, -0.2) is 0 Å². The van der Waals surface area contributed by atoms with Gasteiger partial charge in [-0.2, -0.15) is 0 Å². The van der Waals surface area contributed by atoms with Gasteiger partial charge in [0.1, 0.15) is 14.9 Å². The van der Waals surface area contributed by atoms with Crippen LogP contribution in [-0.2, 0) is 9.53 Å². The van der Waals surface area contributed by atoms with Crippen LogP contribution >= 0.6 is 31.9 Å². The number of cyclic esters (lactones) is 1. The van der Waals surface area contributed by atoms with Crippen molar-refractivity contribution in [3.05, 3.63) is 25.0 Å². The number of carbonyl (C=O) groups is 1. The fraction of sp³-hybridized carbons (Fsp3) is 0.375. The molecule has 0 radical (unpaired) electrons. The minimum absolute atomic E-state index is 0.307. The van der Waals surface area contributed by atoms with E-state index in [-0.39, 0.29) is 10.8 Å². The Labute approximate surface area is 87.9 Å². The molecule has 1 aliphatic heterocycles. The van der Waals surface area contributed by atoms with Crippen LogP contribution in [0.3, 0.4) is 0 Å². The van der Waals surface area contributed by atoms with E-state index >= 15 is 0 Å². The molecule has 0 aromatic rings. The summed E-state index contributed by atoms with van der Waals surface area (Å²) in [4.78, 5) is 10.7. The van der Waals surface area contributed by atoms with Gasteiger partial charge in [-0.15, -0.1) is 6.58 Å². The SMILES string of the molecule is C=CCC1(Br)C(=C)OC(=O)C1Br. The maximum Gasteiger partial charge on any atom is 0.326 e. The number of ether oxygens (including phenoxy) is 1. The number of allylic oxidation sites excluding steroid dienone is 2. The first-order valence-corrected chi connectivity index (χ1v) is 5.08. The predicted molar refractivity (Wildman–Crippen MR) is 54.4 cm³/mol. The van der Waals surface area contributed by atoms with Crippen LogP contribution in [0, 0.1) is 0 Å². The van der Waals surface area contributed by atoms with E-state index in [0.717, 1.165) is 0 Å². The third kappa shape index (κ3) is 1.38. The molecule has 0 saturated carbocycles. The molecule has 1 aliphatic rings. The van der Waals surface area contributed by atoms with Crippen LogP contribution in [0.1, 0.15) is 6.42 Å². The quantitative estimate of drug-likeness (QED) is 0.445. The zero-order valence-electron chi connectivity index (χ0n) is 6.35. The summed E-state index contributed by atoms with van der Waals surface area (Å²) in [5.41, 5.74) is 0. The molecule has 66 valence electrons. The van der Waals surface area contributed by atoms with Gasteiger partial charge in [-0.1, -0.05) is 44.5 Å². The molecule has 12 heavy (non-hydrogen) atoms. The molecule has 0 aliphatic carbocycles. The van der Waals surface area contributed by atoms with Gasteiger partial charge in [0.05, 0.1) is 0 Å². The van der Waals surface area contributed by atoms with Crippen molar-refractivity contribution in [2.45, 2.75) is 15.6 Å². The zero-order chi connectivity index (χ0) is 9.35. The topological polar surface area (TPSA) is 26.3 Å². The Morgan fingerprint density at radius 3 is 2.67 bits per heavy atom. The van der Waals surface area contributed by atoms with E-state index in [4.69, 9.17) is 4.74 Å². The van der Waals surface area contributed by atoms with Crippen LogP contribution in [0.15, 0.2) is 25.0 Å². The van der Waals surface area contributed by atoms with Crippen molar-refractivity contribution in [3.8, 4) is 0 Å². The molecule has 2 nitrogen and oxygen atoms in total. The molecule has 2 unspecified atom stereocenters. The van der Waals surface area contributed by atoms with Crippen LogP contribution in [0.4, 0.5) is 0 Å². The third-order valence-corrected chi connectivity index (χ3v) is 4.73. The monoisotopic (exact) mass is 294 g/mol. The van der Waals surface area contributed by atoms with Crippen molar-refractivity contribution in [2.75, 3.05) is 0 Å². The lowest BCUT2D eigenvalue weighted by atomic mass is 10.0. The Morgan fingerprint density at radius 2 is 2.33 bits per heavy atom. The van der Waals surface area contributed by atoms with Gasteiger partial charge in [0.2, 0.25) is 0 Å². The smallest absolute Gasteiger partial charge is 0.326 e. The molecule has 0 aromatic heterocycles. The van der Waals surface area contributed by atoms with E-state index in [2.05, 4.69) is 45.0 Å².